The molecule has 4 N–H and O–H groups in total. The second-order valence-electron chi connectivity index (χ2n) is 2.04. The first-order valence-corrected chi connectivity index (χ1v) is 4.01. The van der Waals surface area contributed by atoms with Crippen molar-refractivity contribution < 1.29 is 19.8 Å². The number of hydrogen-bond acceptors (Lipinski definition) is 4. The summed E-state index contributed by atoms with van der Waals surface area (Å²) < 4.78 is 0.918. The normalized spacial score (nSPS) is 12.2. The van der Waals surface area contributed by atoms with E-state index in [1.807, 2.05) is 0 Å². The Morgan fingerprint density at radius 1 is 1.58 bits per heavy atom. The minimum absolute atomic E-state index is 0.424. The zero-order chi connectivity index (χ0) is 9.72. The van der Waals surface area contributed by atoms with Gasteiger partial charge in [-0.1, -0.05) is 0 Å². The van der Waals surface area contributed by atoms with Crippen molar-refractivity contribution in [2.75, 3.05) is 13.2 Å². The highest BCUT2D eigenvalue weighted by Gasteiger charge is 2.19. The van der Waals surface area contributed by atoms with Crippen molar-refractivity contribution in [2.45, 2.75) is 6.04 Å². The Bertz CT molecular complexity index is 186. The number of carbonyl (C=O) groups excluding carboxylic acids is 1. The van der Waals surface area contributed by atoms with Crippen LogP contribution < -0.4 is 5.73 Å². The molecule has 6 nitrogen and oxygen atoms in total. The molecule has 7 heteroatoms. The Morgan fingerprint density at radius 3 is 2.42 bits per heavy atom. The first-order chi connectivity index (χ1) is 5.49. The van der Waals surface area contributed by atoms with Crippen molar-refractivity contribution in [2.24, 2.45) is 5.73 Å². The topological polar surface area (TPSA) is 104 Å². The van der Waals surface area contributed by atoms with Gasteiger partial charge in [-0.25, -0.2) is 0 Å². The van der Waals surface area contributed by atoms with Crippen LogP contribution in [0.1, 0.15) is 0 Å². The van der Waals surface area contributed by atoms with Gasteiger partial charge >= 0.3 is 5.97 Å². The molecule has 0 aromatic rings. The van der Waals surface area contributed by atoms with Crippen LogP contribution in [0.4, 0.5) is 0 Å². The summed E-state index contributed by atoms with van der Waals surface area (Å²) in [4.78, 5) is 21.1. The van der Waals surface area contributed by atoms with Gasteiger partial charge in [-0.05, 0) is 0 Å². The lowest BCUT2D eigenvalue weighted by molar-refractivity contribution is -0.140. The molecule has 0 bridgehead atoms. The highest BCUT2D eigenvalue weighted by molar-refractivity contribution is 14.1. The molecule has 1 atom stereocenters. The summed E-state index contributed by atoms with van der Waals surface area (Å²) in [5.74, 6) is -1.72. The number of carboxylic acids is 1. The van der Waals surface area contributed by atoms with E-state index in [0.29, 0.717) is 0 Å². The van der Waals surface area contributed by atoms with Gasteiger partial charge in [0.2, 0.25) is 0 Å². The van der Waals surface area contributed by atoms with E-state index >= 15 is 0 Å². The van der Waals surface area contributed by atoms with E-state index in [9.17, 15) is 9.59 Å². The smallest absolute Gasteiger partial charge is 0.324 e. The van der Waals surface area contributed by atoms with E-state index in [0.717, 1.165) is 3.11 Å². The Hall–Kier alpha value is -0.410. The first-order valence-electron chi connectivity index (χ1n) is 3.04. The molecule has 0 radical (unpaired) electrons. The number of aliphatic hydroxyl groups excluding tert-OH is 1. The molecule has 1 amide bonds. The molecule has 0 unspecified atom stereocenters. The first kappa shape index (κ1) is 11.6. The highest BCUT2D eigenvalue weighted by Crippen LogP contribution is 2.00. The van der Waals surface area contributed by atoms with Crippen molar-refractivity contribution >= 4 is 34.7 Å². The number of aliphatic carboxylic acids is 1. The molecule has 0 saturated heterocycles. The zero-order valence-electron chi connectivity index (χ0n) is 6.11. The maximum atomic E-state index is 11.0. The Morgan fingerprint density at radius 2 is 2.08 bits per heavy atom. The van der Waals surface area contributed by atoms with Crippen LogP contribution in [0.5, 0.6) is 0 Å². The predicted octanol–water partition coefficient (Wildman–Crippen LogP) is -1.43. The number of carboxylic acid groups (broad SMARTS) is 1. The summed E-state index contributed by atoms with van der Waals surface area (Å²) in [5, 5.41) is 16.8. The van der Waals surface area contributed by atoms with Crippen LogP contribution in [0, 0.1) is 0 Å². The quantitative estimate of drug-likeness (QED) is 0.434. The molecule has 12 heavy (non-hydrogen) atoms. The SMILES string of the molecule is N[C@@H](CO)C(=O)N(I)CC(=O)O. The second-order valence-corrected chi connectivity index (χ2v) is 3.21. The third kappa shape index (κ3) is 3.83. The van der Waals surface area contributed by atoms with Crippen molar-refractivity contribution in [3.05, 3.63) is 0 Å². The molecular weight excluding hydrogens is 279 g/mol. The number of aliphatic hydroxyl groups is 1. The van der Waals surface area contributed by atoms with Crippen LogP contribution >= 0.6 is 22.9 Å². The van der Waals surface area contributed by atoms with Crippen LogP contribution in [0.25, 0.3) is 0 Å². The monoisotopic (exact) mass is 288 g/mol. The van der Waals surface area contributed by atoms with E-state index in [2.05, 4.69) is 0 Å². The van der Waals surface area contributed by atoms with Gasteiger partial charge < -0.3 is 15.9 Å². The van der Waals surface area contributed by atoms with Crippen LogP contribution in [-0.4, -0.2) is 44.4 Å². The number of amides is 1. The Labute approximate surface area is 82.8 Å². The Kier molecular flexibility index (Phi) is 5.09. The lowest BCUT2D eigenvalue weighted by Gasteiger charge is -2.15. The molecule has 0 aliphatic carbocycles. The van der Waals surface area contributed by atoms with Gasteiger partial charge in [0.05, 0.1) is 29.5 Å². The molecular formula is C5H9IN2O4. The standard InChI is InChI=1S/C5H9IN2O4/c6-8(1-4(10)11)5(12)3(7)2-9/h3,9H,1-2,7H2,(H,10,11)/t3-/m0/s1. The fourth-order valence-corrected chi connectivity index (χ4v) is 1.10. The lowest BCUT2D eigenvalue weighted by Crippen LogP contribution is -2.43. The van der Waals surface area contributed by atoms with Gasteiger partial charge in [0, 0.05) is 0 Å². The van der Waals surface area contributed by atoms with Crippen LogP contribution in [0.2, 0.25) is 0 Å². The number of halogens is 1. The maximum absolute atomic E-state index is 11.0. The lowest BCUT2D eigenvalue weighted by atomic mass is 10.3. The molecule has 0 spiro atoms. The summed E-state index contributed by atoms with van der Waals surface area (Å²) >= 11 is 1.53. The number of hydrogen-bond donors (Lipinski definition) is 3. The van der Waals surface area contributed by atoms with Gasteiger partial charge in [-0.15, -0.1) is 0 Å². The Balaban J connectivity index is 4.01. The van der Waals surface area contributed by atoms with Gasteiger partial charge in [-0.2, -0.15) is 0 Å². The van der Waals surface area contributed by atoms with Gasteiger partial charge in [0.1, 0.15) is 12.6 Å². The minimum Gasteiger partial charge on any atom is -0.480 e. The highest BCUT2D eigenvalue weighted by atomic mass is 127. The summed E-state index contributed by atoms with van der Waals surface area (Å²) in [6, 6.07) is -1.04. The van der Waals surface area contributed by atoms with Crippen LogP contribution in [0.3, 0.4) is 0 Å². The number of carbonyl (C=O) groups is 2. The molecule has 0 aromatic carbocycles. The van der Waals surface area contributed by atoms with Crippen LogP contribution in [0.15, 0.2) is 0 Å². The average Bonchev–Trinajstić information content (AvgIpc) is 2.00. The molecule has 0 heterocycles. The second kappa shape index (κ2) is 5.27. The third-order valence-electron chi connectivity index (χ3n) is 1.03. The molecule has 70 valence electrons. The minimum atomic E-state index is -1.12. The predicted molar refractivity (Wildman–Crippen MR) is 48.4 cm³/mol. The average molecular weight is 288 g/mol. The molecule has 0 saturated carbocycles. The van der Waals surface area contributed by atoms with E-state index in [-0.39, 0.29) is 0 Å². The maximum Gasteiger partial charge on any atom is 0.324 e. The van der Waals surface area contributed by atoms with Crippen molar-refractivity contribution in [1.82, 2.24) is 3.11 Å². The number of rotatable bonds is 4. The molecule has 0 aromatic heterocycles. The van der Waals surface area contributed by atoms with Crippen molar-refractivity contribution in [3.63, 3.8) is 0 Å². The molecule has 0 aliphatic rings. The number of nitrogens with two attached hydrogens (primary N) is 1. The van der Waals surface area contributed by atoms with Gasteiger partial charge in [0.25, 0.3) is 5.91 Å². The summed E-state index contributed by atoms with van der Waals surface area (Å²) in [7, 11) is 0. The molecule has 0 aliphatic heterocycles. The van der Waals surface area contributed by atoms with E-state index in [1.165, 1.54) is 22.9 Å². The third-order valence-corrected chi connectivity index (χ3v) is 1.84. The van der Waals surface area contributed by atoms with Crippen molar-refractivity contribution in [3.8, 4) is 0 Å². The molecule has 0 fully saturated rings. The van der Waals surface area contributed by atoms with E-state index < -0.39 is 31.1 Å². The van der Waals surface area contributed by atoms with Gasteiger partial charge in [-0.3, -0.25) is 12.7 Å². The summed E-state index contributed by atoms with van der Waals surface area (Å²) in [6.07, 6.45) is 0. The molecule has 0 rings (SSSR count). The van der Waals surface area contributed by atoms with E-state index in [4.69, 9.17) is 15.9 Å². The number of nitrogens with zero attached hydrogens (tertiary/aromatic N) is 1. The fourth-order valence-electron chi connectivity index (χ4n) is 0.455. The van der Waals surface area contributed by atoms with Gasteiger partial charge in [0.15, 0.2) is 0 Å². The summed E-state index contributed by atoms with van der Waals surface area (Å²) in [5.41, 5.74) is 5.15. The van der Waals surface area contributed by atoms with E-state index in [1.54, 1.807) is 0 Å². The largest absolute Gasteiger partial charge is 0.480 e. The fraction of sp³-hybridized carbons (Fsp3) is 0.600. The summed E-state index contributed by atoms with van der Waals surface area (Å²) in [6.45, 7) is -0.912. The van der Waals surface area contributed by atoms with Crippen molar-refractivity contribution in [1.29, 1.82) is 0 Å². The zero-order valence-corrected chi connectivity index (χ0v) is 8.26. The van der Waals surface area contributed by atoms with Crippen LogP contribution in [-0.2, 0) is 9.59 Å².